The van der Waals surface area contributed by atoms with Gasteiger partial charge in [-0.05, 0) is 6.42 Å². The van der Waals surface area contributed by atoms with Gasteiger partial charge in [0.05, 0.1) is 5.76 Å². The molecule has 0 aliphatic heterocycles. The summed E-state index contributed by atoms with van der Waals surface area (Å²) < 4.78 is 12.3. The Balaban J connectivity index is 2.83. The molecule has 1 rings (SSSR count). The molecular weight excluding hydrogens is 121 g/mol. The number of halogens is 1. The molecule has 0 bridgehead atoms. The van der Waals surface area contributed by atoms with E-state index in [2.05, 4.69) is 0 Å². The van der Waals surface area contributed by atoms with Crippen LogP contribution in [0.5, 0.6) is 0 Å². The average molecular weight is 129 g/mol. The van der Waals surface area contributed by atoms with Crippen LogP contribution in [0.25, 0.3) is 0 Å². The molecule has 0 radical (unpaired) electrons. The topological polar surface area (TPSA) is 46.2 Å². The summed E-state index contributed by atoms with van der Waals surface area (Å²) in [5.74, 6) is -0.430. The summed E-state index contributed by atoms with van der Waals surface area (Å²) in [5, 5.41) is 8.73. The highest BCUT2D eigenvalue weighted by molar-refractivity contribution is 5.23. The fraction of sp³-hybridized carbons (Fsp3) is 0.333. The van der Waals surface area contributed by atoms with Crippen molar-refractivity contribution in [1.29, 1.82) is 0 Å². The van der Waals surface area contributed by atoms with Gasteiger partial charge in [-0.25, -0.2) is 4.39 Å². The summed E-state index contributed by atoms with van der Waals surface area (Å²) in [6, 6.07) is 0. The average Bonchev–Trinajstić information content (AvgIpc) is 1.80. The van der Waals surface area contributed by atoms with Crippen LogP contribution in [0.3, 0.4) is 0 Å². The summed E-state index contributed by atoms with van der Waals surface area (Å²) in [6.07, 6.45) is 1.94. The number of aliphatic hydroxyl groups excluding tert-OH is 1. The highest BCUT2D eigenvalue weighted by Gasteiger charge is 2.08. The third-order valence-electron chi connectivity index (χ3n) is 1.25. The molecule has 0 spiro atoms. The first-order valence-electron chi connectivity index (χ1n) is 2.74. The van der Waals surface area contributed by atoms with Crippen LogP contribution in [0.15, 0.2) is 23.4 Å². The van der Waals surface area contributed by atoms with Gasteiger partial charge in [-0.1, -0.05) is 0 Å². The lowest BCUT2D eigenvalue weighted by molar-refractivity contribution is 0.378. The Morgan fingerprint density at radius 3 is 2.67 bits per heavy atom. The van der Waals surface area contributed by atoms with E-state index in [4.69, 9.17) is 10.8 Å². The first-order chi connectivity index (χ1) is 4.20. The van der Waals surface area contributed by atoms with Crippen molar-refractivity contribution in [1.82, 2.24) is 0 Å². The zero-order valence-corrected chi connectivity index (χ0v) is 4.89. The third-order valence-corrected chi connectivity index (χ3v) is 1.25. The van der Waals surface area contributed by atoms with E-state index in [1.807, 2.05) is 0 Å². The zero-order chi connectivity index (χ0) is 6.85. The van der Waals surface area contributed by atoms with Gasteiger partial charge in [-0.15, -0.1) is 0 Å². The van der Waals surface area contributed by atoms with Crippen molar-refractivity contribution in [3.05, 3.63) is 23.4 Å². The minimum Gasteiger partial charge on any atom is -0.512 e. The molecule has 0 unspecified atom stereocenters. The van der Waals surface area contributed by atoms with Crippen molar-refractivity contribution in [2.24, 2.45) is 5.73 Å². The molecule has 0 saturated heterocycles. The lowest BCUT2D eigenvalue weighted by Gasteiger charge is -2.07. The Hall–Kier alpha value is -0.990. The van der Waals surface area contributed by atoms with Gasteiger partial charge in [0, 0.05) is 18.2 Å². The summed E-state index contributed by atoms with van der Waals surface area (Å²) in [7, 11) is 0. The summed E-state index contributed by atoms with van der Waals surface area (Å²) in [4.78, 5) is 0. The molecule has 0 saturated carbocycles. The zero-order valence-electron chi connectivity index (χ0n) is 4.89. The van der Waals surface area contributed by atoms with Crippen molar-refractivity contribution in [2.45, 2.75) is 12.8 Å². The van der Waals surface area contributed by atoms with E-state index < -0.39 is 5.83 Å². The number of allylic oxidation sites excluding steroid dienone is 4. The maximum atomic E-state index is 12.3. The molecule has 1 aliphatic carbocycles. The number of aliphatic hydroxyl groups is 1. The van der Waals surface area contributed by atoms with Crippen molar-refractivity contribution in [3.63, 3.8) is 0 Å². The number of nitrogens with two attached hydrogens (primary N) is 1. The molecule has 0 fully saturated rings. The predicted molar refractivity (Wildman–Crippen MR) is 32.3 cm³/mol. The normalized spacial score (nSPS) is 19.9. The van der Waals surface area contributed by atoms with Crippen LogP contribution < -0.4 is 5.73 Å². The number of rotatable bonds is 0. The first-order valence-corrected chi connectivity index (χ1v) is 2.74. The van der Waals surface area contributed by atoms with E-state index in [0.29, 0.717) is 12.8 Å². The third kappa shape index (κ3) is 1.22. The Labute approximate surface area is 52.5 Å². The second-order valence-corrected chi connectivity index (χ2v) is 2.01. The van der Waals surface area contributed by atoms with E-state index in [1.54, 1.807) is 0 Å². The molecule has 2 nitrogen and oxygen atoms in total. The van der Waals surface area contributed by atoms with Gasteiger partial charge in [0.2, 0.25) is 0 Å². The quantitative estimate of drug-likeness (QED) is 0.518. The molecule has 0 heterocycles. The van der Waals surface area contributed by atoms with Crippen molar-refractivity contribution < 1.29 is 9.50 Å². The van der Waals surface area contributed by atoms with E-state index >= 15 is 0 Å². The van der Waals surface area contributed by atoms with Gasteiger partial charge in [-0.2, -0.15) is 0 Å². The van der Waals surface area contributed by atoms with Crippen LogP contribution in [0, 0.1) is 0 Å². The number of hydrogen-bond donors (Lipinski definition) is 2. The van der Waals surface area contributed by atoms with Crippen LogP contribution in [0.4, 0.5) is 4.39 Å². The van der Waals surface area contributed by atoms with Gasteiger partial charge >= 0.3 is 0 Å². The minimum atomic E-state index is -0.501. The standard InChI is InChI=1S/C6H8FNO/c7-5-3-4(9)1-2-6(5)8/h3,9H,1-2,8H2. The van der Waals surface area contributed by atoms with E-state index in [-0.39, 0.29) is 11.5 Å². The Morgan fingerprint density at radius 2 is 2.22 bits per heavy atom. The van der Waals surface area contributed by atoms with Crippen LogP contribution >= 0.6 is 0 Å². The lowest BCUT2D eigenvalue weighted by atomic mass is 10.1. The molecule has 0 atom stereocenters. The van der Waals surface area contributed by atoms with E-state index in [1.165, 1.54) is 0 Å². The molecule has 3 heteroatoms. The monoisotopic (exact) mass is 129 g/mol. The fourth-order valence-corrected chi connectivity index (χ4v) is 0.693. The highest BCUT2D eigenvalue weighted by atomic mass is 19.1. The van der Waals surface area contributed by atoms with Crippen LogP contribution in [0.2, 0.25) is 0 Å². The van der Waals surface area contributed by atoms with Crippen molar-refractivity contribution in [2.75, 3.05) is 0 Å². The van der Waals surface area contributed by atoms with E-state index in [0.717, 1.165) is 6.08 Å². The van der Waals surface area contributed by atoms with Crippen molar-refractivity contribution >= 4 is 0 Å². The maximum absolute atomic E-state index is 12.3. The van der Waals surface area contributed by atoms with Gasteiger partial charge in [-0.3, -0.25) is 0 Å². The molecular formula is C6H8FNO. The molecule has 50 valence electrons. The maximum Gasteiger partial charge on any atom is 0.145 e. The summed E-state index contributed by atoms with van der Waals surface area (Å²) in [5.41, 5.74) is 5.42. The van der Waals surface area contributed by atoms with Gasteiger partial charge in [0.25, 0.3) is 0 Å². The second-order valence-electron chi connectivity index (χ2n) is 2.01. The molecule has 9 heavy (non-hydrogen) atoms. The Morgan fingerprint density at radius 1 is 1.56 bits per heavy atom. The fourth-order valence-electron chi connectivity index (χ4n) is 0.693. The molecule has 0 amide bonds. The second kappa shape index (κ2) is 2.09. The lowest BCUT2D eigenvalue weighted by Crippen LogP contribution is -2.04. The highest BCUT2D eigenvalue weighted by Crippen LogP contribution is 2.19. The van der Waals surface area contributed by atoms with Crippen molar-refractivity contribution in [3.8, 4) is 0 Å². The smallest absolute Gasteiger partial charge is 0.145 e. The molecule has 0 aromatic carbocycles. The summed E-state index contributed by atoms with van der Waals surface area (Å²) in [6.45, 7) is 0. The minimum absolute atomic E-state index is 0.0710. The van der Waals surface area contributed by atoms with Crippen LogP contribution in [0.1, 0.15) is 12.8 Å². The molecule has 0 aromatic heterocycles. The van der Waals surface area contributed by atoms with Gasteiger partial charge < -0.3 is 10.8 Å². The largest absolute Gasteiger partial charge is 0.512 e. The summed E-state index contributed by atoms with van der Waals surface area (Å²) >= 11 is 0. The SMILES string of the molecule is NC1=C(F)C=C(O)CC1. The molecule has 3 N–H and O–H groups in total. The first kappa shape index (κ1) is 6.13. The van der Waals surface area contributed by atoms with Crippen LogP contribution in [-0.4, -0.2) is 5.11 Å². The van der Waals surface area contributed by atoms with Crippen LogP contribution in [-0.2, 0) is 0 Å². The molecule has 0 aromatic rings. The van der Waals surface area contributed by atoms with Gasteiger partial charge in [0.1, 0.15) is 5.83 Å². The van der Waals surface area contributed by atoms with E-state index in [9.17, 15) is 4.39 Å². The Bertz CT molecular complexity index is 183. The predicted octanol–water partition coefficient (Wildman–Crippen LogP) is 1.36. The van der Waals surface area contributed by atoms with Gasteiger partial charge in [0.15, 0.2) is 0 Å². The molecule has 1 aliphatic rings. The number of hydrogen-bond acceptors (Lipinski definition) is 2. The Kier molecular flexibility index (Phi) is 1.42.